The molecular weight excluding hydrogens is 240 g/mol. The SMILES string of the molecule is COCCc1nc(C2(C)CC2)n(-c2ccncc2)n1. The number of aromatic nitrogens is 4. The molecule has 0 saturated heterocycles. The number of nitrogens with zero attached hydrogens (tertiary/aromatic N) is 4. The minimum absolute atomic E-state index is 0.182. The average Bonchev–Trinajstić information content (AvgIpc) is 3.04. The van der Waals surface area contributed by atoms with Crippen LogP contribution in [0.25, 0.3) is 5.69 Å². The van der Waals surface area contributed by atoms with Crippen LogP contribution < -0.4 is 0 Å². The van der Waals surface area contributed by atoms with Crippen LogP contribution in [0.2, 0.25) is 0 Å². The third-order valence-corrected chi connectivity index (χ3v) is 3.63. The van der Waals surface area contributed by atoms with Crippen molar-refractivity contribution in [3.8, 4) is 5.69 Å². The third kappa shape index (κ3) is 2.38. The molecule has 100 valence electrons. The Morgan fingerprint density at radius 3 is 2.68 bits per heavy atom. The summed E-state index contributed by atoms with van der Waals surface area (Å²) in [6.07, 6.45) is 6.67. The number of rotatable bonds is 5. The van der Waals surface area contributed by atoms with Crippen molar-refractivity contribution >= 4 is 0 Å². The molecule has 0 aromatic carbocycles. The van der Waals surface area contributed by atoms with Gasteiger partial charge in [-0.3, -0.25) is 4.98 Å². The summed E-state index contributed by atoms with van der Waals surface area (Å²) >= 11 is 0. The lowest BCUT2D eigenvalue weighted by atomic mass is 10.1. The van der Waals surface area contributed by atoms with Crippen LogP contribution in [0, 0.1) is 0 Å². The van der Waals surface area contributed by atoms with E-state index in [0.717, 1.165) is 23.8 Å². The maximum atomic E-state index is 5.10. The molecule has 1 aliphatic rings. The van der Waals surface area contributed by atoms with Crippen LogP contribution in [-0.4, -0.2) is 33.5 Å². The monoisotopic (exact) mass is 258 g/mol. The lowest BCUT2D eigenvalue weighted by Gasteiger charge is -2.09. The summed E-state index contributed by atoms with van der Waals surface area (Å²) in [5.74, 6) is 1.91. The van der Waals surface area contributed by atoms with E-state index >= 15 is 0 Å². The fourth-order valence-corrected chi connectivity index (χ4v) is 2.12. The van der Waals surface area contributed by atoms with Crippen molar-refractivity contribution in [3.05, 3.63) is 36.2 Å². The molecule has 0 amide bonds. The van der Waals surface area contributed by atoms with Gasteiger partial charge in [0.2, 0.25) is 0 Å². The highest BCUT2D eigenvalue weighted by atomic mass is 16.5. The van der Waals surface area contributed by atoms with Gasteiger partial charge in [-0.1, -0.05) is 6.92 Å². The molecule has 5 nitrogen and oxygen atoms in total. The molecule has 0 spiro atoms. The first-order chi connectivity index (χ1) is 9.23. The van der Waals surface area contributed by atoms with Crippen LogP contribution in [0.3, 0.4) is 0 Å². The van der Waals surface area contributed by atoms with Crippen LogP contribution in [0.4, 0.5) is 0 Å². The highest BCUT2D eigenvalue weighted by molar-refractivity contribution is 5.32. The second-order valence-corrected chi connectivity index (χ2v) is 5.27. The summed E-state index contributed by atoms with van der Waals surface area (Å²) < 4.78 is 7.06. The Labute approximate surface area is 112 Å². The van der Waals surface area contributed by atoms with Crippen molar-refractivity contribution < 1.29 is 4.74 Å². The van der Waals surface area contributed by atoms with Crippen LogP contribution in [-0.2, 0) is 16.6 Å². The Balaban J connectivity index is 1.99. The largest absolute Gasteiger partial charge is 0.384 e. The smallest absolute Gasteiger partial charge is 0.153 e. The van der Waals surface area contributed by atoms with Gasteiger partial charge in [-0.25, -0.2) is 9.67 Å². The molecule has 1 aliphatic carbocycles. The predicted molar refractivity (Wildman–Crippen MR) is 71.3 cm³/mol. The summed E-state index contributed by atoms with van der Waals surface area (Å²) in [5, 5.41) is 4.62. The molecule has 2 aromatic rings. The van der Waals surface area contributed by atoms with Crippen LogP contribution in [0.15, 0.2) is 24.5 Å². The molecule has 0 bridgehead atoms. The van der Waals surface area contributed by atoms with Crippen molar-refractivity contribution in [1.82, 2.24) is 19.7 Å². The average molecular weight is 258 g/mol. The molecule has 0 N–H and O–H groups in total. The van der Waals surface area contributed by atoms with E-state index in [0.29, 0.717) is 6.61 Å². The fourth-order valence-electron chi connectivity index (χ4n) is 2.12. The lowest BCUT2D eigenvalue weighted by Crippen LogP contribution is -2.11. The standard InChI is InChI=1S/C14H18N4O/c1-14(6-7-14)13-16-12(5-10-19-2)17-18(13)11-3-8-15-9-4-11/h3-4,8-9H,5-7,10H2,1-2H3. The van der Waals surface area contributed by atoms with Gasteiger partial charge in [0.25, 0.3) is 0 Å². The predicted octanol–water partition coefficient (Wildman–Crippen LogP) is 1.90. The second kappa shape index (κ2) is 4.74. The van der Waals surface area contributed by atoms with Crippen molar-refractivity contribution in [3.63, 3.8) is 0 Å². The Morgan fingerprint density at radius 1 is 1.32 bits per heavy atom. The van der Waals surface area contributed by atoms with E-state index in [4.69, 9.17) is 9.72 Å². The number of pyridine rings is 1. The highest BCUT2D eigenvalue weighted by Gasteiger charge is 2.44. The van der Waals surface area contributed by atoms with E-state index in [1.807, 2.05) is 16.8 Å². The van der Waals surface area contributed by atoms with E-state index in [2.05, 4.69) is 17.0 Å². The Bertz CT molecular complexity index is 560. The van der Waals surface area contributed by atoms with Gasteiger partial charge in [0.1, 0.15) is 5.82 Å². The molecule has 1 fully saturated rings. The number of ether oxygens (including phenoxy) is 1. The van der Waals surface area contributed by atoms with E-state index < -0.39 is 0 Å². The van der Waals surface area contributed by atoms with Crippen LogP contribution in [0.1, 0.15) is 31.4 Å². The van der Waals surface area contributed by atoms with Crippen molar-refractivity contribution in [2.45, 2.75) is 31.6 Å². The molecule has 5 heteroatoms. The first kappa shape index (κ1) is 12.3. The Kier molecular flexibility index (Phi) is 3.06. The highest BCUT2D eigenvalue weighted by Crippen LogP contribution is 2.47. The van der Waals surface area contributed by atoms with Crippen molar-refractivity contribution in [1.29, 1.82) is 0 Å². The fraction of sp³-hybridized carbons (Fsp3) is 0.500. The quantitative estimate of drug-likeness (QED) is 0.822. The number of hydrogen-bond acceptors (Lipinski definition) is 4. The van der Waals surface area contributed by atoms with Gasteiger partial charge >= 0.3 is 0 Å². The zero-order valence-corrected chi connectivity index (χ0v) is 11.3. The molecule has 3 rings (SSSR count). The van der Waals surface area contributed by atoms with Crippen LogP contribution >= 0.6 is 0 Å². The van der Waals surface area contributed by atoms with Crippen molar-refractivity contribution in [2.75, 3.05) is 13.7 Å². The van der Waals surface area contributed by atoms with Gasteiger partial charge in [0.05, 0.1) is 12.3 Å². The van der Waals surface area contributed by atoms with Crippen molar-refractivity contribution in [2.24, 2.45) is 0 Å². The zero-order chi connectivity index (χ0) is 13.3. The van der Waals surface area contributed by atoms with Gasteiger partial charge < -0.3 is 4.74 Å². The normalized spacial score (nSPS) is 16.5. The summed E-state index contributed by atoms with van der Waals surface area (Å²) in [4.78, 5) is 8.76. The number of hydrogen-bond donors (Lipinski definition) is 0. The Morgan fingerprint density at radius 2 is 2.05 bits per heavy atom. The van der Waals surface area contributed by atoms with E-state index in [-0.39, 0.29) is 5.41 Å². The first-order valence-corrected chi connectivity index (χ1v) is 6.59. The first-order valence-electron chi connectivity index (χ1n) is 6.59. The maximum absolute atomic E-state index is 5.10. The molecule has 0 unspecified atom stereocenters. The van der Waals surface area contributed by atoms with Gasteiger partial charge in [-0.05, 0) is 25.0 Å². The minimum Gasteiger partial charge on any atom is -0.384 e. The Hall–Kier alpha value is -1.75. The molecule has 0 radical (unpaired) electrons. The molecule has 1 saturated carbocycles. The summed E-state index contributed by atoms with van der Waals surface area (Å²) in [6.45, 7) is 2.89. The molecule has 0 aliphatic heterocycles. The van der Waals surface area contributed by atoms with E-state index in [9.17, 15) is 0 Å². The minimum atomic E-state index is 0.182. The molecular formula is C14H18N4O. The van der Waals surface area contributed by atoms with Gasteiger partial charge in [0.15, 0.2) is 5.82 Å². The zero-order valence-electron chi connectivity index (χ0n) is 11.3. The molecule has 2 heterocycles. The second-order valence-electron chi connectivity index (χ2n) is 5.27. The molecule has 19 heavy (non-hydrogen) atoms. The van der Waals surface area contributed by atoms with Crippen LogP contribution in [0.5, 0.6) is 0 Å². The number of methoxy groups -OCH3 is 1. The molecule has 0 atom stereocenters. The summed E-state index contributed by atoms with van der Waals surface area (Å²) in [5.41, 5.74) is 1.20. The molecule has 2 aromatic heterocycles. The van der Waals surface area contributed by atoms with E-state index in [1.54, 1.807) is 19.5 Å². The van der Waals surface area contributed by atoms with Gasteiger partial charge in [-0.15, -0.1) is 0 Å². The third-order valence-electron chi connectivity index (χ3n) is 3.63. The summed E-state index contributed by atoms with van der Waals surface area (Å²) in [7, 11) is 1.70. The summed E-state index contributed by atoms with van der Waals surface area (Å²) in [6, 6.07) is 3.92. The maximum Gasteiger partial charge on any atom is 0.153 e. The van der Waals surface area contributed by atoms with Gasteiger partial charge in [-0.2, -0.15) is 5.10 Å². The topological polar surface area (TPSA) is 52.8 Å². The lowest BCUT2D eigenvalue weighted by molar-refractivity contribution is 0.200. The van der Waals surface area contributed by atoms with Gasteiger partial charge in [0, 0.05) is 31.3 Å². The van der Waals surface area contributed by atoms with E-state index in [1.165, 1.54) is 12.8 Å².